The van der Waals surface area contributed by atoms with E-state index < -0.39 is 21.0 Å². The number of nitrogens with one attached hydrogen (secondary N) is 2. The second kappa shape index (κ2) is 13.1. The third-order valence-corrected chi connectivity index (χ3v) is 8.98. The minimum Gasteiger partial charge on any atom is -0.424 e. The zero-order valence-corrected chi connectivity index (χ0v) is 23.8. The summed E-state index contributed by atoms with van der Waals surface area (Å²) in [5.74, 6) is -0.805. The molecule has 2 heterocycles. The molecular weight excluding hydrogens is 558 g/mol. The van der Waals surface area contributed by atoms with Crippen molar-refractivity contribution in [2.45, 2.75) is 18.7 Å². The van der Waals surface area contributed by atoms with E-state index in [2.05, 4.69) is 25.8 Å². The van der Waals surface area contributed by atoms with E-state index in [1.807, 2.05) is 24.3 Å². The first kappa shape index (κ1) is 29.3. The Balaban J connectivity index is 1.58. The van der Waals surface area contributed by atoms with Crippen molar-refractivity contribution in [2.24, 2.45) is 0 Å². The molecule has 2 aromatic heterocycles. The zero-order chi connectivity index (χ0) is 28.7. The standard InChI is InChI=1S/C26H29N5O7S2/c1-16-30-31-22(38-16)15-28-25(33)23(40(34,35)13-12-37-3)26-29-20-9-8-19(14-21(20)39-26)17-4-6-18(7-5-17)24(32)27-10-11-36-2/h4-9,14,23H,10-13,15H2,1-3H3,(H,27,32)(H,28,33). The highest BCUT2D eigenvalue weighted by atomic mass is 32.2. The second-order valence-corrected chi connectivity index (χ2v) is 12.0. The predicted molar refractivity (Wildman–Crippen MR) is 149 cm³/mol. The van der Waals surface area contributed by atoms with Crippen LogP contribution < -0.4 is 10.6 Å². The van der Waals surface area contributed by atoms with Crippen LogP contribution in [-0.4, -0.2) is 75.1 Å². The number of nitrogens with zero attached hydrogens (tertiary/aromatic N) is 3. The molecule has 12 nitrogen and oxygen atoms in total. The molecule has 0 saturated heterocycles. The monoisotopic (exact) mass is 587 g/mol. The molecule has 0 aliphatic carbocycles. The molecule has 2 amide bonds. The highest BCUT2D eigenvalue weighted by Crippen LogP contribution is 2.34. The summed E-state index contributed by atoms with van der Waals surface area (Å²) in [6.45, 7) is 2.27. The fourth-order valence-corrected chi connectivity index (χ4v) is 6.80. The fourth-order valence-electron chi connectivity index (χ4n) is 3.83. The number of amides is 2. The van der Waals surface area contributed by atoms with Crippen LogP contribution in [0.3, 0.4) is 0 Å². The average molecular weight is 588 g/mol. The van der Waals surface area contributed by atoms with Crippen molar-refractivity contribution in [1.29, 1.82) is 0 Å². The van der Waals surface area contributed by atoms with Crippen molar-refractivity contribution in [3.8, 4) is 11.1 Å². The van der Waals surface area contributed by atoms with Gasteiger partial charge in [-0.1, -0.05) is 18.2 Å². The van der Waals surface area contributed by atoms with E-state index in [1.54, 1.807) is 32.2 Å². The Hall–Kier alpha value is -3.72. The first-order chi connectivity index (χ1) is 19.2. The molecular formula is C26H29N5O7S2. The Morgan fingerprint density at radius 3 is 2.40 bits per heavy atom. The summed E-state index contributed by atoms with van der Waals surface area (Å²) in [4.78, 5) is 29.9. The third-order valence-electron chi connectivity index (χ3n) is 5.85. The number of fused-ring (bicyclic) bond motifs is 1. The van der Waals surface area contributed by atoms with Crippen molar-refractivity contribution < 1.29 is 31.9 Å². The van der Waals surface area contributed by atoms with E-state index in [-0.39, 0.29) is 35.7 Å². The molecule has 4 aromatic rings. The summed E-state index contributed by atoms with van der Waals surface area (Å²) < 4.78 is 42.3. The molecule has 212 valence electrons. The van der Waals surface area contributed by atoms with Crippen LogP contribution in [0.15, 0.2) is 46.9 Å². The van der Waals surface area contributed by atoms with Gasteiger partial charge in [0, 0.05) is 33.3 Å². The van der Waals surface area contributed by atoms with Crippen molar-refractivity contribution in [2.75, 3.05) is 39.7 Å². The van der Waals surface area contributed by atoms with Crippen LogP contribution in [-0.2, 0) is 30.7 Å². The van der Waals surface area contributed by atoms with Gasteiger partial charge in [-0.3, -0.25) is 9.59 Å². The maximum atomic E-state index is 13.2. The zero-order valence-electron chi connectivity index (χ0n) is 22.2. The summed E-state index contributed by atoms with van der Waals surface area (Å²) >= 11 is 1.13. The molecule has 0 aliphatic heterocycles. The molecule has 0 spiro atoms. The number of sulfone groups is 1. The minimum atomic E-state index is -3.97. The molecule has 0 bridgehead atoms. The van der Waals surface area contributed by atoms with Gasteiger partial charge in [-0.2, -0.15) is 0 Å². The maximum Gasteiger partial charge on any atom is 0.251 e. The van der Waals surface area contributed by atoms with Crippen molar-refractivity contribution in [1.82, 2.24) is 25.8 Å². The lowest BCUT2D eigenvalue weighted by molar-refractivity contribution is -0.121. The van der Waals surface area contributed by atoms with E-state index in [9.17, 15) is 18.0 Å². The number of hydrogen-bond donors (Lipinski definition) is 2. The number of ether oxygens (including phenoxy) is 2. The molecule has 0 fully saturated rings. The number of rotatable bonds is 13. The van der Waals surface area contributed by atoms with E-state index >= 15 is 0 Å². The summed E-state index contributed by atoms with van der Waals surface area (Å²) in [7, 11) is -1.01. The van der Waals surface area contributed by atoms with Gasteiger partial charge in [0.05, 0.1) is 35.7 Å². The second-order valence-electron chi connectivity index (χ2n) is 8.73. The van der Waals surface area contributed by atoms with Gasteiger partial charge in [0.2, 0.25) is 17.7 Å². The molecule has 0 radical (unpaired) electrons. The topological polar surface area (TPSA) is 163 Å². The Bertz CT molecular complexity index is 1580. The smallest absolute Gasteiger partial charge is 0.251 e. The summed E-state index contributed by atoms with van der Waals surface area (Å²) in [6.07, 6.45) is 0. The van der Waals surface area contributed by atoms with Crippen LogP contribution in [0.2, 0.25) is 0 Å². The van der Waals surface area contributed by atoms with Gasteiger partial charge in [-0.25, -0.2) is 13.4 Å². The molecule has 2 N–H and O–H groups in total. The van der Waals surface area contributed by atoms with Gasteiger partial charge in [-0.15, -0.1) is 21.5 Å². The number of carbonyl (C=O) groups excluding carboxylic acids is 2. The first-order valence-electron chi connectivity index (χ1n) is 12.3. The van der Waals surface area contributed by atoms with Gasteiger partial charge in [0.15, 0.2) is 15.1 Å². The van der Waals surface area contributed by atoms with Crippen molar-refractivity contribution >= 4 is 43.2 Å². The fraction of sp³-hybridized carbons (Fsp3) is 0.346. The van der Waals surface area contributed by atoms with E-state index in [4.69, 9.17) is 13.9 Å². The van der Waals surface area contributed by atoms with Crippen molar-refractivity contribution in [3.05, 3.63) is 64.8 Å². The highest BCUT2D eigenvalue weighted by Gasteiger charge is 2.37. The molecule has 0 saturated carbocycles. The number of methoxy groups -OCH3 is 2. The predicted octanol–water partition coefficient (Wildman–Crippen LogP) is 2.45. The Labute approximate surface area is 235 Å². The van der Waals surface area contributed by atoms with Gasteiger partial charge in [0.25, 0.3) is 5.91 Å². The number of aryl methyl sites for hydroxylation is 1. The summed E-state index contributed by atoms with van der Waals surface area (Å²) in [5.41, 5.74) is 2.79. The molecule has 40 heavy (non-hydrogen) atoms. The van der Waals surface area contributed by atoms with Gasteiger partial charge in [0.1, 0.15) is 5.01 Å². The first-order valence-corrected chi connectivity index (χ1v) is 14.8. The Morgan fingerprint density at radius 2 is 1.73 bits per heavy atom. The van der Waals surface area contributed by atoms with Crippen molar-refractivity contribution in [3.63, 3.8) is 0 Å². The Kier molecular flexibility index (Phi) is 9.58. The number of carbonyl (C=O) groups is 2. The molecule has 4 rings (SSSR count). The van der Waals surface area contributed by atoms with Gasteiger partial charge < -0.3 is 24.5 Å². The van der Waals surface area contributed by atoms with Crippen LogP contribution in [0.5, 0.6) is 0 Å². The number of hydrogen-bond acceptors (Lipinski definition) is 11. The van der Waals surface area contributed by atoms with Crippen LogP contribution >= 0.6 is 11.3 Å². The quantitative estimate of drug-likeness (QED) is 0.222. The van der Waals surface area contributed by atoms with Crippen LogP contribution in [0.4, 0.5) is 0 Å². The lowest BCUT2D eigenvalue weighted by atomic mass is 10.0. The minimum absolute atomic E-state index is 0.0651. The number of thiazole rings is 1. The molecule has 14 heteroatoms. The normalized spacial score (nSPS) is 12.4. The highest BCUT2D eigenvalue weighted by molar-refractivity contribution is 7.92. The third kappa shape index (κ3) is 7.07. The summed E-state index contributed by atoms with van der Waals surface area (Å²) in [5, 5.41) is 11.5. The number of benzene rings is 2. The van der Waals surface area contributed by atoms with E-state index in [1.165, 1.54) is 7.11 Å². The lowest BCUT2D eigenvalue weighted by Crippen LogP contribution is -2.35. The van der Waals surface area contributed by atoms with E-state index in [0.29, 0.717) is 34.8 Å². The van der Waals surface area contributed by atoms with Crippen LogP contribution in [0, 0.1) is 6.92 Å². The summed E-state index contributed by atoms with van der Waals surface area (Å²) in [6, 6.07) is 12.6. The maximum absolute atomic E-state index is 13.2. The van der Waals surface area contributed by atoms with E-state index in [0.717, 1.165) is 22.5 Å². The van der Waals surface area contributed by atoms with Gasteiger partial charge >= 0.3 is 0 Å². The average Bonchev–Trinajstić information content (AvgIpc) is 3.55. The van der Waals surface area contributed by atoms with Crippen LogP contribution in [0.1, 0.15) is 32.4 Å². The number of aromatic nitrogens is 3. The lowest BCUT2D eigenvalue weighted by Gasteiger charge is -2.14. The largest absolute Gasteiger partial charge is 0.424 e. The molecule has 0 aliphatic rings. The molecule has 2 aromatic carbocycles. The Morgan fingerprint density at radius 1 is 1.00 bits per heavy atom. The van der Waals surface area contributed by atoms with Crippen LogP contribution in [0.25, 0.3) is 21.3 Å². The van der Waals surface area contributed by atoms with Gasteiger partial charge in [-0.05, 0) is 35.4 Å². The molecule has 1 atom stereocenters. The molecule has 1 unspecified atom stereocenters. The SMILES string of the molecule is COCCNC(=O)c1ccc(-c2ccc3nc(C(C(=O)NCc4nnc(C)o4)S(=O)(=O)CCOC)sc3c2)cc1.